The van der Waals surface area contributed by atoms with Crippen LogP contribution in [-0.4, -0.2) is 21.0 Å². The molecule has 3 rings (SSSR count). The number of hydrogen-bond donors (Lipinski definition) is 1. The third kappa shape index (κ3) is 4.37. The van der Waals surface area contributed by atoms with Gasteiger partial charge in [-0.2, -0.15) is 8.78 Å². The first-order valence-corrected chi connectivity index (χ1v) is 8.45. The Labute approximate surface area is 151 Å². The maximum absolute atomic E-state index is 12.3. The molecule has 2 aromatic heterocycles. The summed E-state index contributed by atoms with van der Waals surface area (Å²) in [5.74, 6) is -2.84. The second kappa shape index (κ2) is 7.67. The minimum Gasteiger partial charge on any atom is -0.323 e. The quantitative estimate of drug-likeness (QED) is 0.503. The Hall–Kier alpha value is -2.38. The second-order valence-corrected chi connectivity index (χ2v) is 6.36. The number of carbonyl (C=O) groups is 1. The molecule has 1 N–H and O–H groups in total. The van der Waals surface area contributed by atoms with Gasteiger partial charge in [-0.15, -0.1) is 0 Å². The van der Waals surface area contributed by atoms with Gasteiger partial charge >= 0.3 is 0 Å². The van der Waals surface area contributed by atoms with Gasteiger partial charge in [0.25, 0.3) is 5.76 Å². The maximum atomic E-state index is 12.3. The summed E-state index contributed by atoms with van der Waals surface area (Å²) in [6.45, 7) is 0. The second-order valence-electron chi connectivity index (χ2n) is 4.94. The molecule has 0 aliphatic rings. The zero-order chi connectivity index (χ0) is 17.8. The minimum atomic E-state index is -2.47. The number of halogens is 3. The summed E-state index contributed by atoms with van der Waals surface area (Å²) in [6, 6.07) is 11.7. The van der Waals surface area contributed by atoms with Gasteiger partial charge in [-0.05, 0) is 42.5 Å². The van der Waals surface area contributed by atoms with Crippen LogP contribution in [0.2, 0.25) is 5.15 Å². The molecule has 0 bridgehead atoms. The molecule has 0 aliphatic heterocycles. The molecular weight excluding hydrogens is 368 g/mol. The van der Waals surface area contributed by atoms with E-state index >= 15 is 0 Å². The molecule has 0 atom stereocenters. The van der Waals surface area contributed by atoms with E-state index in [4.69, 9.17) is 11.6 Å². The molecule has 4 nitrogen and oxygen atoms in total. The van der Waals surface area contributed by atoms with Crippen molar-refractivity contribution >= 4 is 46.7 Å². The number of rotatable bonds is 5. The van der Waals surface area contributed by atoms with Crippen molar-refractivity contribution in [3.05, 3.63) is 65.6 Å². The van der Waals surface area contributed by atoms with Crippen molar-refractivity contribution in [1.29, 1.82) is 0 Å². The lowest BCUT2D eigenvalue weighted by molar-refractivity contribution is -0.111. The molecule has 1 aromatic carbocycles. The zero-order valence-electron chi connectivity index (χ0n) is 12.7. The molecule has 8 heteroatoms. The number of alkyl halides is 2. The van der Waals surface area contributed by atoms with Crippen molar-refractivity contribution < 1.29 is 13.6 Å². The smallest absolute Gasteiger partial charge is 0.288 e. The van der Waals surface area contributed by atoms with E-state index in [1.165, 1.54) is 18.2 Å². The highest BCUT2D eigenvalue weighted by Crippen LogP contribution is 2.26. The fourth-order valence-corrected chi connectivity index (χ4v) is 2.93. The van der Waals surface area contributed by atoms with Crippen molar-refractivity contribution in [3.8, 4) is 0 Å². The van der Waals surface area contributed by atoms with E-state index in [9.17, 15) is 13.6 Å². The Morgan fingerprint density at radius 2 is 2.00 bits per heavy atom. The molecule has 0 radical (unpaired) electrons. The number of imidazole rings is 1. The molecule has 128 valence electrons. The molecule has 0 saturated heterocycles. The largest absolute Gasteiger partial charge is 0.323 e. The van der Waals surface area contributed by atoms with Gasteiger partial charge in [-0.1, -0.05) is 29.4 Å². The SMILES string of the molecule is O=C(/C=C/c1c(Cl)nc2ccccn12)Nc1ccc(SC(F)F)cc1. The maximum Gasteiger partial charge on any atom is 0.288 e. The molecular formula is C17H12ClF2N3OS. The molecule has 0 aliphatic carbocycles. The van der Waals surface area contributed by atoms with E-state index in [1.54, 1.807) is 28.8 Å². The van der Waals surface area contributed by atoms with Gasteiger partial charge in [-0.25, -0.2) is 4.98 Å². The van der Waals surface area contributed by atoms with Crippen molar-refractivity contribution in [1.82, 2.24) is 9.38 Å². The van der Waals surface area contributed by atoms with Gasteiger partial charge in [-0.3, -0.25) is 9.20 Å². The fourth-order valence-electron chi connectivity index (χ4n) is 2.19. The third-order valence-electron chi connectivity index (χ3n) is 3.26. The number of thioether (sulfide) groups is 1. The number of pyridine rings is 1. The van der Waals surface area contributed by atoms with Crippen LogP contribution in [0.3, 0.4) is 0 Å². The molecule has 2 heterocycles. The monoisotopic (exact) mass is 379 g/mol. The highest BCUT2D eigenvalue weighted by molar-refractivity contribution is 7.99. The van der Waals surface area contributed by atoms with Gasteiger partial charge in [0.2, 0.25) is 5.91 Å². The van der Waals surface area contributed by atoms with Crippen LogP contribution < -0.4 is 5.32 Å². The average Bonchev–Trinajstić information content (AvgIpc) is 2.89. The van der Waals surface area contributed by atoms with Crippen molar-refractivity contribution in [2.75, 3.05) is 5.32 Å². The zero-order valence-corrected chi connectivity index (χ0v) is 14.3. The first-order chi connectivity index (χ1) is 12.0. The number of aromatic nitrogens is 2. The van der Waals surface area contributed by atoms with Gasteiger partial charge in [0.1, 0.15) is 5.65 Å². The topological polar surface area (TPSA) is 46.4 Å². The standard InChI is InChI=1S/C17H12ClF2N3OS/c18-16-13(23-10-2-1-3-14(23)22-16)8-9-15(24)21-11-4-6-12(7-5-11)25-17(19)20/h1-10,17H,(H,21,24)/b9-8+. The van der Waals surface area contributed by atoms with E-state index in [0.717, 1.165) is 0 Å². The molecule has 0 unspecified atom stereocenters. The highest BCUT2D eigenvalue weighted by Gasteiger charge is 2.08. The van der Waals surface area contributed by atoms with Crippen LogP contribution in [0.4, 0.5) is 14.5 Å². The Kier molecular flexibility index (Phi) is 5.35. The van der Waals surface area contributed by atoms with Crippen molar-refractivity contribution in [2.45, 2.75) is 10.7 Å². The van der Waals surface area contributed by atoms with Crippen molar-refractivity contribution in [2.24, 2.45) is 0 Å². The molecule has 0 spiro atoms. The van der Waals surface area contributed by atoms with E-state index < -0.39 is 5.76 Å². The van der Waals surface area contributed by atoms with Crippen molar-refractivity contribution in [3.63, 3.8) is 0 Å². The summed E-state index contributed by atoms with van der Waals surface area (Å²) < 4.78 is 26.3. The van der Waals surface area contributed by atoms with Crippen LogP contribution in [0.25, 0.3) is 11.7 Å². The van der Waals surface area contributed by atoms with Crippen LogP contribution in [0.15, 0.2) is 59.6 Å². The Morgan fingerprint density at radius 1 is 1.24 bits per heavy atom. The van der Waals surface area contributed by atoms with Crippen LogP contribution in [0.1, 0.15) is 5.69 Å². The van der Waals surface area contributed by atoms with Crippen LogP contribution in [-0.2, 0) is 4.79 Å². The number of amides is 1. The summed E-state index contributed by atoms with van der Waals surface area (Å²) in [7, 11) is 0. The lowest BCUT2D eigenvalue weighted by atomic mass is 10.3. The Balaban J connectivity index is 1.69. The summed E-state index contributed by atoms with van der Waals surface area (Å²) in [5.41, 5.74) is 1.79. The number of fused-ring (bicyclic) bond motifs is 1. The van der Waals surface area contributed by atoms with Gasteiger partial charge in [0, 0.05) is 22.9 Å². The number of benzene rings is 1. The van der Waals surface area contributed by atoms with Gasteiger partial charge < -0.3 is 5.32 Å². The van der Waals surface area contributed by atoms with Crippen LogP contribution >= 0.6 is 23.4 Å². The normalized spacial score (nSPS) is 11.5. The lowest BCUT2D eigenvalue weighted by Crippen LogP contribution is -2.07. The predicted molar refractivity (Wildman–Crippen MR) is 96.2 cm³/mol. The van der Waals surface area contributed by atoms with E-state index in [2.05, 4.69) is 10.3 Å². The molecule has 3 aromatic rings. The summed E-state index contributed by atoms with van der Waals surface area (Å²) in [5, 5.41) is 2.95. The molecule has 1 amide bonds. The Bertz CT molecular complexity index is 925. The molecule has 0 fully saturated rings. The van der Waals surface area contributed by atoms with Crippen LogP contribution in [0.5, 0.6) is 0 Å². The average molecular weight is 380 g/mol. The number of hydrogen-bond acceptors (Lipinski definition) is 3. The Morgan fingerprint density at radius 3 is 2.72 bits per heavy atom. The third-order valence-corrected chi connectivity index (χ3v) is 4.26. The fraction of sp³-hybridized carbons (Fsp3) is 0.0588. The lowest BCUT2D eigenvalue weighted by Gasteiger charge is -2.04. The number of carbonyl (C=O) groups excluding carboxylic acids is 1. The molecule has 0 saturated carbocycles. The number of nitrogens with zero attached hydrogens (tertiary/aromatic N) is 2. The number of anilines is 1. The summed E-state index contributed by atoms with van der Waals surface area (Å²) in [6.07, 6.45) is 4.70. The number of nitrogens with one attached hydrogen (secondary N) is 1. The highest BCUT2D eigenvalue weighted by atomic mass is 35.5. The summed E-state index contributed by atoms with van der Waals surface area (Å²) in [4.78, 5) is 16.6. The van der Waals surface area contributed by atoms with E-state index in [1.807, 2.05) is 18.2 Å². The first kappa shape index (κ1) is 17.4. The predicted octanol–water partition coefficient (Wildman–Crippen LogP) is 4.95. The molecule has 25 heavy (non-hydrogen) atoms. The minimum absolute atomic E-state index is 0.295. The van der Waals surface area contributed by atoms with E-state index in [-0.39, 0.29) is 5.91 Å². The van der Waals surface area contributed by atoms with Gasteiger partial charge in [0.15, 0.2) is 5.15 Å². The van der Waals surface area contributed by atoms with Crippen LogP contribution in [0, 0.1) is 0 Å². The first-order valence-electron chi connectivity index (χ1n) is 7.19. The van der Waals surface area contributed by atoms with Gasteiger partial charge in [0.05, 0.1) is 5.69 Å². The van der Waals surface area contributed by atoms with E-state index in [0.29, 0.717) is 38.8 Å². The summed E-state index contributed by atoms with van der Waals surface area (Å²) >= 11 is 6.54.